The molecule has 0 aliphatic heterocycles. The molecule has 0 aromatic heterocycles. The Bertz CT molecular complexity index is 714. The second-order valence-corrected chi connectivity index (χ2v) is 7.03. The van der Waals surface area contributed by atoms with E-state index in [4.69, 9.17) is 4.74 Å². The van der Waals surface area contributed by atoms with Crippen LogP contribution >= 0.6 is 0 Å². The molecular weight excluding hydrogens is 324 g/mol. The SMILES string of the molecule is CNC(=O)NC(=O)C(C)OC(=O)c1cccc(CS(C)(=O)=O)c1. The first-order valence-electron chi connectivity index (χ1n) is 6.62. The Morgan fingerprint density at radius 1 is 1.26 bits per heavy atom. The topological polar surface area (TPSA) is 119 Å². The summed E-state index contributed by atoms with van der Waals surface area (Å²) in [5, 5.41) is 4.18. The van der Waals surface area contributed by atoms with Gasteiger partial charge in [0.2, 0.25) is 0 Å². The fourth-order valence-corrected chi connectivity index (χ4v) is 2.43. The van der Waals surface area contributed by atoms with Crippen LogP contribution in [0.1, 0.15) is 22.8 Å². The summed E-state index contributed by atoms with van der Waals surface area (Å²) >= 11 is 0. The number of sulfone groups is 1. The van der Waals surface area contributed by atoms with Crippen LogP contribution in [-0.4, -0.2) is 45.7 Å². The number of amides is 3. The van der Waals surface area contributed by atoms with Crippen LogP contribution in [0, 0.1) is 0 Å². The number of benzene rings is 1. The Morgan fingerprint density at radius 3 is 2.48 bits per heavy atom. The third-order valence-electron chi connectivity index (χ3n) is 2.71. The van der Waals surface area contributed by atoms with Crippen LogP contribution in [0.4, 0.5) is 4.79 Å². The average Bonchev–Trinajstić information content (AvgIpc) is 2.45. The van der Waals surface area contributed by atoms with Gasteiger partial charge in [0.25, 0.3) is 5.91 Å². The fraction of sp³-hybridized carbons (Fsp3) is 0.357. The Balaban J connectivity index is 2.76. The molecule has 0 bridgehead atoms. The minimum absolute atomic E-state index is 0.116. The standard InChI is InChI=1S/C14H18N2O6S/c1-9(12(17)16-14(19)15-2)22-13(18)11-6-4-5-10(7-11)8-23(3,20)21/h4-7,9H,8H2,1-3H3,(H2,15,16,17,19). The van der Waals surface area contributed by atoms with Crippen molar-refractivity contribution in [2.24, 2.45) is 0 Å². The molecule has 0 radical (unpaired) electrons. The van der Waals surface area contributed by atoms with Gasteiger partial charge in [-0.25, -0.2) is 18.0 Å². The highest BCUT2D eigenvalue weighted by atomic mass is 32.2. The van der Waals surface area contributed by atoms with E-state index in [1.54, 1.807) is 6.07 Å². The van der Waals surface area contributed by atoms with Crippen molar-refractivity contribution in [3.8, 4) is 0 Å². The normalized spacial score (nSPS) is 12.1. The summed E-state index contributed by atoms with van der Waals surface area (Å²) in [6, 6.07) is 5.20. The summed E-state index contributed by atoms with van der Waals surface area (Å²) in [5.74, 6) is -1.77. The minimum atomic E-state index is -3.23. The summed E-state index contributed by atoms with van der Waals surface area (Å²) in [6.07, 6.45) is -0.0956. The first-order valence-corrected chi connectivity index (χ1v) is 8.68. The van der Waals surface area contributed by atoms with Crippen molar-refractivity contribution in [3.05, 3.63) is 35.4 Å². The molecule has 0 aliphatic rings. The number of urea groups is 1. The maximum Gasteiger partial charge on any atom is 0.338 e. The Morgan fingerprint density at radius 2 is 1.91 bits per heavy atom. The van der Waals surface area contributed by atoms with Gasteiger partial charge in [-0.05, 0) is 24.6 Å². The average molecular weight is 342 g/mol. The molecule has 0 heterocycles. The van der Waals surface area contributed by atoms with Crippen LogP contribution in [0.5, 0.6) is 0 Å². The lowest BCUT2D eigenvalue weighted by Crippen LogP contribution is -2.43. The second kappa shape index (κ2) is 7.73. The van der Waals surface area contributed by atoms with Gasteiger partial charge in [0.15, 0.2) is 15.9 Å². The lowest BCUT2D eigenvalue weighted by Gasteiger charge is -2.13. The Labute approximate surface area is 134 Å². The minimum Gasteiger partial charge on any atom is -0.449 e. The van der Waals surface area contributed by atoms with Crippen LogP contribution in [0.25, 0.3) is 0 Å². The number of imide groups is 1. The maximum atomic E-state index is 12.0. The molecule has 9 heteroatoms. The summed E-state index contributed by atoms with van der Waals surface area (Å²) < 4.78 is 27.5. The van der Waals surface area contributed by atoms with Gasteiger partial charge in [-0.2, -0.15) is 0 Å². The van der Waals surface area contributed by atoms with Crippen molar-refractivity contribution >= 4 is 27.7 Å². The van der Waals surface area contributed by atoms with Crippen LogP contribution in [-0.2, 0) is 25.1 Å². The van der Waals surface area contributed by atoms with Crippen molar-refractivity contribution in [2.75, 3.05) is 13.3 Å². The third-order valence-corrected chi connectivity index (χ3v) is 3.57. The lowest BCUT2D eigenvalue weighted by atomic mass is 10.1. The van der Waals surface area contributed by atoms with E-state index >= 15 is 0 Å². The Hall–Kier alpha value is -2.42. The molecule has 8 nitrogen and oxygen atoms in total. The van der Waals surface area contributed by atoms with Gasteiger partial charge in [-0.1, -0.05) is 12.1 Å². The van der Waals surface area contributed by atoms with Crippen LogP contribution in [0.3, 0.4) is 0 Å². The van der Waals surface area contributed by atoms with Gasteiger partial charge in [0.05, 0.1) is 11.3 Å². The number of carbonyl (C=O) groups is 3. The number of hydrogen-bond acceptors (Lipinski definition) is 6. The molecule has 2 N–H and O–H groups in total. The molecule has 0 saturated carbocycles. The predicted molar refractivity (Wildman–Crippen MR) is 82.5 cm³/mol. The van der Waals surface area contributed by atoms with Gasteiger partial charge < -0.3 is 10.1 Å². The molecule has 1 rings (SSSR count). The van der Waals surface area contributed by atoms with E-state index in [0.29, 0.717) is 5.56 Å². The number of nitrogens with one attached hydrogen (secondary N) is 2. The lowest BCUT2D eigenvalue weighted by molar-refractivity contribution is -0.127. The third kappa shape index (κ3) is 6.47. The van der Waals surface area contributed by atoms with Gasteiger partial charge in [0.1, 0.15) is 0 Å². The van der Waals surface area contributed by atoms with Crippen molar-refractivity contribution < 1.29 is 27.5 Å². The van der Waals surface area contributed by atoms with Crippen LogP contribution in [0.15, 0.2) is 24.3 Å². The molecule has 1 atom stereocenters. The van der Waals surface area contributed by atoms with Crippen LogP contribution < -0.4 is 10.6 Å². The molecular formula is C14H18N2O6S. The quantitative estimate of drug-likeness (QED) is 0.740. The van der Waals surface area contributed by atoms with E-state index in [1.165, 1.54) is 32.2 Å². The molecule has 1 unspecified atom stereocenters. The number of ether oxygens (including phenoxy) is 1. The van der Waals surface area contributed by atoms with E-state index in [9.17, 15) is 22.8 Å². The van der Waals surface area contributed by atoms with Gasteiger partial charge >= 0.3 is 12.0 Å². The van der Waals surface area contributed by atoms with E-state index in [1.807, 2.05) is 5.32 Å². The van der Waals surface area contributed by atoms with E-state index in [0.717, 1.165) is 6.26 Å². The monoisotopic (exact) mass is 342 g/mol. The summed E-state index contributed by atoms with van der Waals surface area (Å²) in [7, 11) is -1.89. The molecule has 0 aliphatic carbocycles. The van der Waals surface area contributed by atoms with Crippen molar-refractivity contribution in [1.82, 2.24) is 10.6 Å². The molecule has 126 valence electrons. The van der Waals surface area contributed by atoms with Crippen molar-refractivity contribution in [2.45, 2.75) is 18.8 Å². The smallest absolute Gasteiger partial charge is 0.338 e. The summed E-state index contributed by atoms with van der Waals surface area (Å²) in [4.78, 5) is 34.6. The highest BCUT2D eigenvalue weighted by molar-refractivity contribution is 7.89. The van der Waals surface area contributed by atoms with Gasteiger partial charge in [-0.15, -0.1) is 0 Å². The molecule has 1 aromatic rings. The zero-order valence-electron chi connectivity index (χ0n) is 13.0. The largest absolute Gasteiger partial charge is 0.449 e. The molecule has 3 amide bonds. The highest BCUT2D eigenvalue weighted by Gasteiger charge is 2.20. The molecule has 0 spiro atoms. The Kier molecular flexibility index (Phi) is 6.26. The molecule has 23 heavy (non-hydrogen) atoms. The summed E-state index contributed by atoms with van der Waals surface area (Å²) in [5.41, 5.74) is 0.551. The number of esters is 1. The number of rotatable bonds is 5. The zero-order chi connectivity index (χ0) is 17.6. The molecule has 1 aromatic carbocycles. The molecule has 0 saturated heterocycles. The van der Waals surface area contributed by atoms with E-state index < -0.39 is 33.8 Å². The number of carbonyl (C=O) groups excluding carboxylic acids is 3. The van der Waals surface area contributed by atoms with Crippen molar-refractivity contribution in [3.63, 3.8) is 0 Å². The van der Waals surface area contributed by atoms with Gasteiger partial charge in [0, 0.05) is 13.3 Å². The first kappa shape index (κ1) is 18.6. The molecule has 0 fully saturated rings. The maximum absolute atomic E-state index is 12.0. The second-order valence-electron chi connectivity index (χ2n) is 4.89. The first-order chi connectivity index (χ1) is 10.6. The predicted octanol–water partition coefficient (Wildman–Crippen LogP) is 0.232. The highest BCUT2D eigenvalue weighted by Crippen LogP contribution is 2.11. The van der Waals surface area contributed by atoms with Crippen LogP contribution in [0.2, 0.25) is 0 Å². The van der Waals surface area contributed by atoms with E-state index in [2.05, 4.69) is 5.32 Å². The van der Waals surface area contributed by atoms with Gasteiger partial charge in [-0.3, -0.25) is 10.1 Å². The zero-order valence-corrected chi connectivity index (χ0v) is 13.8. The van der Waals surface area contributed by atoms with Crippen molar-refractivity contribution in [1.29, 1.82) is 0 Å². The summed E-state index contributed by atoms with van der Waals surface area (Å²) in [6.45, 7) is 1.32. The number of hydrogen-bond donors (Lipinski definition) is 2. The fourth-order valence-electron chi connectivity index (χ4n) is 1.65. The van der Waals surface area contributed by atoms with E-state index in [-0.39, 0.29) is 11.3 Å².